The van der Waals surface area contributed by atoms with E-state index >= 15 is 0 Å². The van der Waals surface area contributed by atoms with E-state index in [-0.39, 0.29) is 11.6 Å². The third kappa shape index (κ3) is 4.46. The molecule has 1 amide bonds. The molecule has 130 valence electrons. The van der Waals surface area contributed by atoms with Crippen LogP contribution in [0.25, 0.3) is 11.4 Å². The van der Waals surface area contributed by atoms with Crippen LogP contribution in [0.2, 0.25) is 5.02 Å². The average molecular weight is 365 g/mol. The van der Waals surface area contributed by atoms with Crippen molar-refractivity contribution in [2.45, 2.75) is 0 Å². The molecule has 1 aromatic heterocycles. The van der Waals surface area contributed by atoms with Crippen molar-refractivity contribution in [1.82, 2.24) is 9.97 Å². The number of carbonyl (C=O) groups excluding carboxylic acids is 1. The second-order valence-electron chi connectivity index (χ2n) is 5.46. The molecule has 2 aromatic carbocycles. The summed E-state index contributed by atoms with van der Waals surface area (Å²) in [7, 11) is 0. The lowest BCUT2D eigenvalue weighted by Crippen LogP contribution is -2.15. The molecular weight excluding hydrogens is 348 g/mol. The Morgan fingerprint density at radius 2 is 1.88 bits per heavy atom. The van der Waals surface area contributed by atoms with Crippen LogP contribution >= 0.6 is 11.6 Å². The zero-order valence-electron chi connectivity index (χ0n) is 13.9. The van der Waals surface area contributed by atoms with Gasteiger partial charge < -0.3 is 10.6 Å². The van der Waals surface area contributed by atoms with Crippen LogP contribution in [0.1, 0.15) is 10.5 Å². The molecule has 0 bridgehead atoms. The first kappa shape index (κ1) is 17.6. The first-order valence-electron chi connectivity index (χ1n) is 8.02. The number of hydrogen-bond donors (Lipinski definition) is 2. The van der Waals surface area contributed by atoms with Gasteiger partial charge in [0.05, 0.1) is 0 Å². The van der Waals surface area contributed by atoms with Gasteiger partial charge in [0, 0.05) is 28.9 Å². The number of rotatable bonds is 6. The van der Waals surface area contributed by atoms with Gasteiger partial charge in [-0.25, -0.2) is 9.97 Å². The minimum absolute atomic E-state index is 0.255. The summed E-state index contributed by atoms with van der Waals surface area (Å²) in [5.41, 5.74) is 1.68. The zero-order chi connectivity index (χ0) is 18.4. The predicted molar refractivity (Wildman–Crippen MR) is 106 cm³/mol. The Morgan fingerprint density at radius 3 is 2.62 bits per heavy atom. The number of hydrogen-bond acceptors (Lipinski definition) is 4. The smallest absolute Gasteiger partial charge is 0.274 e. The highest BCUT2D eigenvalue weighted by Gasteiger charge is 2.13. The Balaban J connectivity index is 1.94. The van der Waals surface area contributed by atoms with Crippen LogP contribution in [-0.2, 0) is 0 Å². The van der Waals surface area contributed by atoms with Crippen molar-refractivity contribution < 1.29 is 4.79 Å². The third-order valence-corrected chi connectivity index (χ3v) is 3.74. The Morgan fingerprint density at radius 1 is 1.08 bits per heavy atom. The topological polar surface area (TPSA) is 66.9 Å². The Kier molecular flexibility index (Phi) is 5.61. The van der Waals surface area contributed by atoms with Gasteiger partial charge in [-0.3, -0.25) is 4.79 Å². The maximum absolute atomic E-state index is 12.6. The number of anilines is 2. The summed E-state index contributed by atoms with van der Waals surface area (Å²) in [6.45, 7) is 4.21. The predicted octanol–water partition coefficient (Wildman–Crippen LogP) is 4.65. The average Bonchev–Trinajstić information content (AvgIpc) is 2.67. The molecule has 0 fully saturated rings. The molecule has 0 saturated heterocycles. The number of nitrogens with zero attached hydrogens (tertiary/aromatic N) is 2. The maximum atomic E-state index is 12.6. The van der Waals surface area contributed by atoms with E-state index < -0.39 is 0 Å². The van der Waals surface area contributed by atoms with E-state index in [4.69, 9.17) is 11.6 Å². The van der Waals surface area contributed by atoms with Gasteiger partial charge in [0.2, 0.25) is 0 Å². The lowest BCUT2D eigenvalue weighted by atomic mass is 10.2. The Hall–Kier alpha value is -3.18. The first-order chi connectivity index (χ1) is 12.7. The van der Waals surface area contributed by atoms with Crippen LogP contribution < -0.4 is 10.6 Å². The van der Waals surface area contributed by atoms with E-state index in [1.807, 2.05) is 30.3 Å². The van der Waals surface area contributed by atoms with Crippen molar-refractivity contribution >= 4 is 29.0 Å². The summed E-state index contributed by atoms with van der Waals surface area (Å²) in [5.74, 6) is 0.680. The molecule has 2 N–H and O–H groups in total. The molecule has 0 spiro atoms. The van der Waals surface area contributed by atoms with Gasteiger partial charge >= 0.3 is 0 Å². The SMILES string of the molecule is C=CCNc1cc(C(=O)Nc2cccc(Cl)c2)nc(-c2ccccc2)n1. The summed E-state index contributed by atoms with van der Waals surface area (Å²) < 4.78 is 0. The molecule has 0 unspecified atom stereocenters. The van der Waals surface area contributed by atoms with Crippen molar-refractivity contribution in [3.63, 3.8) is 0 Å². The molecule has 3 rings (SSSR count). The van der Waals surface area contributed by atoms with Crippen LogP contribution in [0.5, 0.6) is 0 Å². The highest BCUT2D eigenvalue weighted by atomic mass is 35.5. The van der Waals surface area contributed by atoms with Crippen LogP contribution in [0, 0.1) is 0 Å². The molecule has 0 aliphatic rings. The lowest BCUT2D eigenvalue weighted by molar-refractivity contribution is 0.102. The van der Waals surface area contributed by atoms with E-state index in [9.17, 15) is 4.79 Å². The van der Waals surface area contributed by atoms with Crippen LogP contribution in [-0.4, -0.2) is 22.4 Å². The molecular formula is C20H17ClN4O. The zero-order valence-corrected chi connectivity index (χ0v) is 14.7. The summed E-state index contributed by atoms with van der Waals surface area (Å²) in [4.78, 5) is 21.5. The highest BCUT2D eigenvalue weighted by molar-refractivity contribution is 6.30. The van der Waals surface area contributed by atoms with Crippen LogP contribution in [0.4, 0.5) is 11.5 Å². The molecule has 0 atom stereocenters. The number of benzene rings is 2. The quantitative estimate of drug-likeness (QED) is 0.625. The van der Waals surface area contributed by atoms with Gasteiger partial charge in [-0.1, -0.05) is 54.1 Å². The Labute approximate surface area is 156 Å². The van der Waals surface area contributed by atoms with E-state index in [1.165, 1.54) is 0 Å². The van der Waals surface area contributed by atoms with Crippen molar-refractivity contribution in [3.05, 3.63) is 84.0 Å². The summed E-state index contributed by atoms with van der Waals surface area (Å²) >= 11 is 5.97. The van der Waals surface area contributed by atoms with Gasteiger partial charge in [0.1, 0.15) is 11.5 Å². The van der Waals surface area contributed by atoms with Gasteiger partial charge in [0.25, 0.3) is 5.91 Å². The summed E-state index contributed by atoms with van der Waals surface area (Å²) in [5, 5.41) is 6.45. The number of carbonyl (C=O) groups is 1. The monoisotopic (exact) mass is 364 g/mol. The number of aromatic nitrogens is 2. The first-order valence-corrected chi connectivity index (χ1v) is 8.39. The second-order valence-corrected chi connectivity index (χ2v) is 5.90. The number of nitrogens with one attached hydrogen (secondary N) is 2. The minimum atomic E-state index is -0.339. The van der Waals surface area contributed by atoms with Gasteiger partial charge in [-0.15, -0.1) is 6.58 Å². The standard InChI is InChI=1S/C20H17ClN4O/c1-2-11-22-18-13-17(20(26)23-16-10-6-9-15(21)12-16)24-19(25-18)14-7-4-3-5-8-14/h2-10,12-13H,1,11H2,(H,23,26)(H,22,24,25). The third-order valence-electron chi connectivity index (χ3n) is 3.50. The van der Waals surface area contributed by atoms with E-state index in [0.717, 1.165) is 5.56 Å². The van der Waals surface area contributed by atoms with Crippen molar-refractivity contribution in [1.29, 1.82) is 0 Å². The molecule has 0 aliphatic carbocycles. The molecule has 0 saturated carbocycles. The molecule has 0 radical (unpaired) electrons. The van der Waals surface area contributed by atoms with Gasteiger partial charge in [0.15, 0.2) is 5.82 Å². The Bertz CT molecular complexity index is 928. The summed E-state index contributed by atoms with van der Waals surface area (Å²) in [6, 6.07) is 18.1. The van der Waals surface area contributed by atoms with Gasteiger partial charge in [-0.2, -0.15) is 0 Å². The minimum Gasteiger partial charge on any atom is -0.366 e. The highest BCUT2D eigenvalue weighted by Crippen LogP contribution is 2.20. The fraction of sp³-hybridized carbons (Fsp3) is 0.0500. The fourth-order valence-corrected chi connectivity index (χ4v) is 2.50. The van der Waals surface area contributed by atoms with Crippen molar-refractivity contribution in [2.24, 2.45) is 0 Å². The van der Waals surface area contributed by atoms with Crippen LogP contribution in [0.3, 0.4) is 0 Å². The van der Waals surface area contributed by atoms with E-state index in [2.05, 4.69) is 27.2 Å². The van der Waals surface area contributed by atoms with E-state index in [1.54, 1.807) is 36.4 Å². The number of amides is 1. The molecule has 3 aromatic rings. The fourth-order valence-electron chi connectivity index (χ4n) is 2.31. The van der Waals surface area contributed by atoms with Crippen molar-refractivity contribution in [2.75, 3.05) is 17.2 Å². The largest absolute Gasteiger partial charge is 0.366 e. The molecule has 5 nitrogen and oxygen atoms in total. The lowest BCUT2D eigenvalue weighted by Gasteiger charge is -2.10. The maximum Gasteiger partial charge on any atom is 0.274 e. The molecule has 26 heavy (non-hydrogen) atoms. The molecule has 1 heterocycles. The van der Waals surface area contributed by atoms with Crippen LogP contribution in [0.15, 0.2) is 73.3 Å². The van der Waals surface area contributed by atoms with E-state index in [0.29, 0.717) is 28.9 Å². The second kappa shape index (κ2) is 8.27. The van der Waals surface area contributed by atoms with Crippen molar-refractivity contribution in [3.8, 4) is 11.4 Å². The normalized spacial score (nSPS) is 10.2. The summed E-state index contributed by atoms with van der Waals surface area (Å²) in [6.07, 6.45) is 1.72. The molecule has 6 heteroatoms. The van der Waals surface area contributed by atoms with Gasteiger partial charge in [-0.05, 0) is 18.2 Å². The number of halogens is 1. The molecule has 0 aliphatic heterocycles.